The Hall–Kier alpha value is -1.85. The molecule has 0 aliphatic carbocycles. The Labute approximate surface area is 150 Å². The zero-order valence-electron chi connectivity index (χ0n) is 13.6. The Morgan fingerprint density at radius 2 is 2.04 bits per heavy atom. The average molecular weight is 389 g/mol. The van der Waals surface area contributed by atoms with Gasteiger partial charge in [0, 0.05) is 6.54 Å². The van der Waals surface area contributed by atoms with Crippen LogP contribution in [0.25, 0.3) is 0 Å². The van der Waals surface area contributed by atoms with Gasteiger partial charge in [-0.3, -0.25) is 4.79 Å². The van der Waals surface area contributed by atoms with E-state index in [2.05, 4.69) is 26.6 Å². The molecule has 1 aliphatic rings. The van der Waals surface area contributed by atoms with Gasteiger partial charge in [-0.05, 0) is 52.2 Å². The van der Waals surface area contributed by atoms with Crippen LogP contribution in [0.4, 0.5) is 0 Å². The summed E-state index contributed by atoms with van der Waals surface area (Å²) in [5.74, 6) is 0.913. The quantitative estimate of drug-likeness (QED) is 0.826. The number of halogens is 1. The van der Waals surface area contributed by atoms with E-state index in [-0.39, 0.29) is 17.9 Å². The van der Waals surface area contributed by atoms with Crippen molar-refractivity contribution in [1.82, 2.24) is 10.6 Å². The van der Waals surface area contributed by atoms with E-state index in [1.807, 2.05) is 48.5 Å². The Kier molecular flexibility index (Phi) is 5.53. The maximum absolute atomic E-state index is 12.6. The van der Waals surface area contributed by atoms with Gasteiger partial charge >= 0.3 is 0 Å². The van der Waals surface area contributed by atoms with Crippen LogP contribution in [0.1, 0.15) is 23.6 Å². The summed E-state index contributed by atoms with van der Waals surface area (Å²) in [4.78, 5) is 12.6. The lowest BCUT2D eigenvalue weighted by Gasteiger charge is -2.22. The van der Waals surface area contributed by atoms with E-state index in [4.69, 9.17) is 4.74 Å². The molecule has 2 aromatic rings. The fraction of sp³-hybridized carbons (Fsp3) is 0.316. The first-order chi connectivity index (χ1) is 11.7. The van der Waals surface area contributed by atoms with Crippen LogP contribution in [-0.2, 0) is 4.79 Å². The van der Waals surface area contributed by atoms with Gasteiger partial charge in [-0.15, -0.1) is 0 Å². The van der Waals surface area contributed by atoms with Crippen molar-refractivity contribution < 1.29 is 9.53 Å². The number of rotatable bonds is 5. The Bertz CT molecular complexity index is 700. The standard InChI is InChI=1S/C19H21BrN2O2/c1-24-17-8-7-14(11-16(17)20)18(13-5-3-2-4-6-13)22-19(23)15-9-10-21-12-15/h2-8,11,15,18,21H,9-10,12H2,1H3,(H,22,23). The van der Waals surface area contributed by atoms with E-state index >= 15 is 0 Å². The smallest absolute Gasteiger partial charge is 0.225 e. The van der Waals surface area contributed by atoms with Gasteiger partial charge in [0.2, 0.25) is 5.91 Å². The molecule has 1 aliphatic heterocycles. The van der Waals surface area contributed by atoms with Gasteiger partial charge in [0.1, 0.15) is 5.75 Å². The van der Waals surface area contributed by atoms with Gasteiger partial charge in [-0.2, -0.15) is 0 Å². The highest BCUT2D eigenvalue weighted by Gasteiger charge is 2.26. The first kappa shape index (κ1) is 17.0. The number of carbonyl (C=O) groups excluding carboxylic acids is 1. The molecule has 0 saturated carbocycles. The number of carbonyl (C=O) groups is 1. The number of hydrogen-bond donors (Lipinski definition) is 2. The van der Waals surface area contributed by atoms with Crippen LogP contribution in [0, 0.1) is 5.92 Å². The maximum Gasteiger partial charge on any atom is 0.225 e. The third kappa shape index (κ3) is 3.79. The third-order valence-corrected chi connectivity index (χ3v) is 4.98. The molecule has 0 radical (unpaired) electrons. The van der Waals surface area contributed by atoms with Crippen LogP contribution in [0.15, 0.2) is 53.0 Å². The van der Waals surface area contributed by atoms with E-state index in [0.717, 1.165) is 40.9 Å². The van der Waals surface area contributed by atoms with Crippen molar-refractivity contribution in [2.75, 3.05) is 20.2 Å². The number of methoxy groups -OCH3 is 1. The molecule has 0 bridgehead atoms. The molecule has 2 aromatic carbocycles. The fourth-order valence-corrected chi connectivity index (χ4v) is 3.56. The molecule has 3 rings (SSSR count). The van der Waals surface area contributed by atoms with Crippen LogP contribution in [0.3, 0.4) is 0 Å². The molecule has 2 N–H and O–H groups in total. The molecule has 1 amide bonds. The largest absolute Gasteiger partial charge is 0.496 e. The summed E-state index contributed by atoms with van der Waals surface area (Å²) >= 11 is 3.53. The van der Waals surface area contributed by atoms with Gasteiger partial charge < -0.3 is 15.4 Å². The lowest BCUT2D eigenvalue weighted by atomic mass is 9.97. The van der Waals surface area contributed by atoms with Crippen LogP contribution < -0.4 is 15.4 Å². The molecule has 0 spiro atoms. The topological polar surface area (TPSA) is 50.4 Å². The second-order valence-electron chi connectivity index (χ2n) is 5.94. The molecule has 5 heteroatoms. The number of benzene rings is 2. The van der Waals surface area contributed by atoms with E-state index in [1.165, 1.54) is 0 Å². The summed E-state index contributed by atoms with van der Waals surface area (Å²) in [6, 6.07) is 15.8. The lowest BCUT2D eigenvalue weighted by Crippen LogP contribution is -2.35. The molecule has 0 aromatic heterocycles. The third-order valence-electron chi connectivity index (χ3n) is 4.36. The summed E-state index contributed by atoms with van der Waals surface area (Å²) < 4.78 is 6.18. The van der Waals surface area contributed by atoms with Gasteiger partial charge in [0.25, 0.3) is 0 Å². The number of hydrogen-bond acceptors (Lipinski definition) is 3. The zero-order chi connectivity index (χ0) is 16.9. The molecule has 1 fully saturated rings. The maximum atomic E-state index is 12.6. The monoisotopic (exact) mass is 388 g/mol. The predicted molar refractivity (Wildman–Crippen MR) is 98.1 cm³/mol. The molecule has 126 valence electrons. The van der Waals surface area contributed by atoms with Crippen molar-refractivity contribution in [3.05, 3.63) is 64.1 Å². The number of ether oxygens (including phenoxy) is 1. The van der Waals surface area contributed by atoms with Crippen LogP contribution >= 0.6 is 15.9 Å². The minimum absolute atomic E-state index is 0.0397. The second kappa shape index (κ2) is 7.81. The van der Waals surface area contributed by atoms with Crippen molar-refractivity contribution in [2.45, 2.75) is 12.5 Å². The van der Waals surface area contributed by atoms with Gasteiger partial charge in [0.05, 0.1) is 23.5 Å². The minimum Gasteiger partial charge on any atom is -0.496 e. The van der Waals surface area contributed by atoms with Gasteiger partial charge in [-0.25, -0.2) is 0 Å². The highest BCUT2D eigenvalue weighted by atomic mass is 79.9. The van der Waals surface area contributed by atoms with Crippen molar-refractivity contribution in [3.63, 3.8) is 0 Å². The highest BCUT2D eigenvalue weighted by Crippen LogP contribution is 2.31. The second-order valence-corrected chi connectivity index (χ2v) is 6.79. The molecule has 1 heterocycles. The molecule has 1 saturated heterocycles. The van der Waals surface area contributed by atoms with Crippen molar-refractivity contribution in [1.29, 1.82) is 0 Å². The SMILES string of the molecule is COc1ccc(C(NC(=O)C2CCNC2)c2ccccc2)cc1Br. The lowest BCUT2D eigenvalue weighted by molar-refractivity contribution is -0.124. The number of amides is 1. The fourth-order valence-electron chi connectivity index (χ4n) is 3.01. The summed E-state index contributed by atoms with van der Waals surface area (Å²) in [5, 5.41) is 6.46. The molecule has 2 unspecified atom stereocenters. The minimum atomic E-state index is -0.179. The average Bonchev–Trinajstić information content (AvgIpc) is 3.15. The summed E-state index contributed by atoms with van der Waals surface area (Å²) in [6.45, 7) is 1.65. The molecular formula is C19H21BrN2O2. The van der Waals surface area contributed by atoms with Crippen LogP contribution in [0.2, 0.25) is 0 Å². The van der Waals surface area contributed by atoms with Gasteiger partial charge in [-0.1, -0.05) is 36.4 Å². The number of nitrogens with one attached hydrogen (secondary N) is 2. The Balaban J connectivity index is 1.90. The van der Waals surface area contributed by atoms with Crippen LogP contribution in [-0.4, -0.2) is 26.1 Å². The van der Waals surface area contributed by atoms with Crippen molar-refractivity contribution >= 4 is 21.8 Å². The van der Waals surface area contributed by atoms with E-state index < -0.39 is 0 Å². The predicted octanol–water partition coefficient (Wildman–Crippen LogP) is 3.27. The van der Waals surface area contributed by atoms with Gasteiger partial charge in [0.15, 0.2) is 0 Å². The van der Waals surface area contributed by atoms with Crippen molar-refractivity contribution in [2.24, 2.45) is 5.92 Å². The summed E-state index contributed by atoms with van der Waals surface area (Å²) in [7, 11) is 1.64. The first-order valence-electron chi connectivity index (χ1n) is 8.08. The Morgan fingerprint density at radius 1 is 1.25 bits per heavy atom. The molecule has 2 atom stereocenters. The Morgan fingerprint density at radius 3 is 2.67 bits per heavy atom. The zero-order valence-corrected chi connectivity index (χ0v) is 15.2. The van der Waals surface area contributed by atoms with Crippen molar-refractivity contribution in [3.8, 4) is 5.75 Å². The molecule has 4 nitrogen and oxygen atoms in total. The molecule has 24 heavy (non-hydrogen) atoms. The summed E-state index contributed by atoms with van der Waals surface area (Å²) in [6.07, 6.45) is 0.889. The normalized spacial score (nSPS) is 18.2. The van der Waals surface area contributed by atoms with Crippen LogP contribution in [0.5, 0.6) is 5.75 Å². The van der Waals surface area contributed by atoms with E-state index in [1.54, 1.807) is 7.11 Å². The highest BCUT2D eigenvalue weighted by molar-refractivity contribution is 9.10. The summed E-state index contributed by atoms with van der Waals surface area (Å²) in [5.41, 5.74) is 2.09. The molecular weight excluding hydrogens is 368 g/mol. The van der Waals surface area contributed by atoms with E-state index in [9.17, 15) is 4.79 Å². The van der Waals surface area contributed by atoms with E-state index in [0.29, 0.717) is 0 Å². The first-order valence-corrected chi connectivity index (χ1v) is 8.88.